The van der Waals surface area contributed by atoms with Gasteiger partial charge in [0, 0.05) is 24.9 Å². The van der Waals surface area contributed by atoms with Crippen molar-refractivity contribution in [3.05, 3.63) is 78.0 Å². The highest BCUT2D eigenvalue weighted by Crippen LogP contribution is 2.34. The standard InChI is InChI=1S/C26H34N2O5/c1-5-27-15-7-6-8-23(29)20-13-14-21(17-28-25(32)33-26(2,3)4)22(16-20)18-9-11-19(12-10-18)24(30)31/h5-7,9-15,20,23,25,28-29,32H,1,8,16-17H2,2-4H3,(H,30,31)/b7-6+,27-15?. The van der Waals surface area contributed by atoms with E-state index in [0.29, 0.717) is 19.4 Å². The molecule has 0 spiro atoms. The number of nitrogens with one attached hydrogen (secondary N) is 1. The SMILES string of the molecule is C=CN=C/C=C/CC(O)C1C=CC(CNC(O)OC(C)(C)C)=C(c2ccc(C(=O)O)cc2)C1. The Morgan fingerprint density at radius 3 is 2.61 bits per heavy atom. The van der Waals surface area contributed by atoms with Gasteiger partial charge in [0.05, 0.1) is 17.3 Å². The molecule has 1 aromatic carbocycles. The van der Waals surface area contributed by atoms with Crippen molar-refractivity contribution in [1.29, 1.82) is 0 Å². The first-order valence-corrected chi connectivity index (χ1v) is 10.9. The number of aliphatic imine (C=N–C) groups is 1. The minimum absolute atomic E-state index is 0.111. The number of nitrogens with zero attached hydrogens (tertiary/aromatic N) is 1. The molecule has 0 radical (unpaired) electrons. The summed E-state index contributed by atoms with van der Waals surface area (Å²) >= 11 is 0. The average Bonchev–Trinajstić information content (AvgIpc) is 2.76. The first-order chi connectivity index (χ1) is 15.6. The van der Waals surface area contributed by atoms with Gasteiger partial charge in [0.15, 0.2) is 0 Å². The quantitative estimate of drug-likeness (QED) is 0.298. The van der Waals surface area contributed by atoms with Crippen molar-refractivity contribution in [2.45, 2.75) is 51.7 Å². The lowest BCUT2D eigenvalue weighted by Gasteiger charge is -2.28. The maximum atomic E-state index is 11.2. The van der Waals surface area contributed by atoms with Gasteiger partial charge in [-0.05, 0) is 68.5 Å². The Kier molecular flexibility index (Phi) is 9.94. The van der Waals surface area contributed by atoms with Crippen molar-refractivity contribution in [2.24, 2.45) is 10.9 Å². The summed E-state index contributed by atoms with van der Waals surface area (Å²) in [5, 5.41) is 33.0. The Morgan fingerprint density at radius 1 is 1.30 bits per heavy atom. The van der Waals surface area contributed by atoms with E-state index in [2.05, 4.69) is 16.9 Å². The molecule has 0 aliphatic heterocycles. The summed E-state index contributed by atoms with van der Waals surface area (Å²) < 4.78 is 5.51. The van der Waals surface area contributed by atoms with E-state index in [4.69, 9.17) is 4.74 Å². The summed E-state index contributed by atoms with van der Waals surface area (Å²) in [7, 11) is 0. The molecule has 1 aliphatic rings. The number of benzene rings is 1. The lowest BCUT2D eigenvalue weighted by molar-refractivity contribution is -0.180. The summed E-state index contributed by atoms with van der Waals surface area (Å²) in [6.07, 6.45) is 9.91. The smallest absolute Gasteiger partial charge is 0.335 e. The maximum Gasteiger partial charge on any atom is 0.335 e. The van der Waals surface area contributed by atoms with Crippen molar-refractivity contribution in [2.75, 3.05) is 6.54 Å². The number of rotatable bonds is 11. The lowest BCUT2D eigenvalue weighted by Crippen LogP contribution is -2.39. The highest BCUT2D eigenvalue weighted by Gasteiger charge is 2.24. The molecule has 2 rings (SSSR count). The number of carbonyl (C=O) groups is 1. The van der Waals surface area contributed by atoms with Gasteiger partial charge in [-0.15, -0.1) is 0 Å². The summed E-state index contributed by atoms with van der Waals surface area (Å²) in [6, 6.07) is 6.68. The molecule has 0 bridgehead atoms. The number of carboxylic acid groups (broad SMARTS) is 1. The van der Waals surface area contributed by atoms with Gasteiger partial charge in [0.25, 0.3) is 0 Å². The normalized spacial score (nSPS) is 18.8. The molecule has 7 heteroatoms. The largest absolute Gasteiger partial charge is 0.478 e. The third-order valence-electron chi connectivity index (χ3n) is 5.07. The van der Waals surface area contributed by atoms with E-state index >= 15 is 0 Å². The zero-order valence-corrected chi connectivity index (χ0v) is 19.4. The van der Waals surface area contributed by atoms with E-state index in [1.807, 2.05) is 39.0 Å². The highest BCUT2D eigenvalue weighted by molar-refractivity contribution is 5.88. The number of aromatic carboxylic acids is 1. The van der Waals surface area contributed by atoms with E-state index in [0.717, 1.165) is 16.7 Å². The summed E-state index contributed by atoms with van der Waals surface area (Å²) in [4.78, 5) is 15.1. The molecule has 178 valence electrons. The molecule has 0 saturated heterocycles. The second-order valence-corrected chi connectivity index (χ2v) is 8.79. The van der Waals surface area contributed by atoms with Gasteiger partial charge in [-0.25, -0.2) is 4.79 Å². The molecule has 0 heterocycles. The number of allylic oxidation sites excluding steroid dienone is 2. The molecular weight excluding hydrogens is 420 g/mol. The van der Waals surface area contributed by atoms with E-state index < -0.39 is 24.1 Å². The van der Waals surface area contributed by atoms with Gasteiger partial charge < -0.3 is 20.1 Å². The number of aliphatic hydroxyl groups excluding tert-OH is 2. The fourth-order valence-electron chi connectivity index (χ4n) is 3.46. The van der Waals surface area contributed by atoms with Crippen molar-refractivity contribution in [1.82, 2.24) is 5.32 Å². The number of carboxylic acids is 1. The van der Waals surface area contributed by atoms with E-state index in [1.165, 1.54) is 6.20 Å². The number of hydrogen-bond acceptors (Lipinski definition) is 6. The van der Waals surface area contributed by atoms with Crippen LogP contribution in [0.3, 0.4) is 0 Å². The molecule has 0 amide bonds. The predicted octanol–water partition coefficient (Wildman–Crippen LogP) is 3.92. The van der Waals surface area contributed by atoms with Crippen molar-refractivity contribution >= 4 is 17.8 Å². The number of aliphatic hydroxyl groups is 2. The Labute approximate surface area is 195 Å². The van der Waals surface area contributed by atoms with Gasteiger partial charge in [-0.3, -0.25) is 10.3 Å². The van der Waals surface area contributed by atoms with E-state index in [1.54, 1.807) is 36.6 Å². The third kappa shape index (κ3) is 8.90. The first kappa shape index (κ1) is 26.4. The van der Waals surface area contributed by atoms with Gasteiger partial charge in [0.1, 0.15) is 0 Å². The van der Waals surface area contributed by atoms with Crippen LogP contribution in [0.5, 0.6) is 0 Å². The number of ether oxygens (including phenoxy) is 1. The van der Waals surface area contributed by atoms with Crippen LogP contribution in [-0.2, 0) is 4.74 Å². The van der Waals surface area contributed by atoms with Crippen LogP contribution in [0.15, 0.2) is 71.9 Å². The molecule has 0 saturated carbocycles. The van der Waals surface area contributed by atoms with Crippen LogP contribution in [0, 0.1) is 5.92 Å². The molecular formula is C26H34N2O5. The average molecular weight is 455 g/mol. The van der Waals surface area contributed by atoms with E-state index in [9.17, 15) is 20.1 Å². The summed E-state index contributed by atoms with van der Waals surface area (Å²) in [5.74, 6) is -1.09. The fraction of sp³-hybridized carbons (Fsp3) is 0.385. The van der Waals surface area contributed by atoms with Crippen molar-refractivity contribution in [3.63, 3.8) is 0 Å². The zero-order valence-electron chi connectivity index (χ0n) is 19.4. The Hall–Kier alpha value is -2.84. The van der Waals surface area contributed by atoms with Gasteiger partial charge >= 0.3 is 5.97 Å². The van der Waals surface area contributed by atoms with Crippen LogP contribution in [-0.4, -0.2) is 52.2 Å². The molecule has 0 aromatic heterocycles. The minimum Gasteiger partial charge on any atom is -0.478 e. The molecule has 3 atom stereocenters. The summed E-state index contributed by atoms with van der Waals surface area (Å²) in [6.45, 7) is 9.44. The lowest BCUT2D eigenvalue weighted by atomic mass is 9.82. The zero-order chi connectivity index (χ0) is 24.4. The van der Waals surface area contributed by atoms with E-state index in [-0.39, 0.29) is 11.5 Å². The molecule has 4 N–H and O–H groups in total. The molecule has 33 heavy (non-hydrogen) atoms. The predicted molar refractivity (Wildman–Crippen MR) is 131 cm³/mol. The van der Waals surface area contributed by atoms with Crippen LogP contribution in [0.2, 0.25) is 0 Å². The van der Waals surface area contributed by atoms with Gasteiger partial charge in [0.2, 0.25) is 6.41 Å². The Morgan fingerprint density at radius 2 is 2.00 bits per heavy atom. The molecule has 7 nitrogen and oxygen atoms in total. The van der Waals surface area contributed by atoms with Gasteiger partial charge in [-0.2, -0.15) is 0 Å². The first-order valence-electron chi connectivity index (χ1n) is 10.9. The Bertz CT molecular complexity index is 923. The molecule has 1 aliphatic carbocycles. The fourth-order valence-corrected chi connectivity index (χ4v) is 3.46. The van der Waals surface area contributed by atoms with Crippen molar-refractivity contribution < 1.29 is 24.9 Å². The number of hydrogen-bond donors (Lipinski definition) is 4. The van der Waals surface area contributed by atoms with Crippen LogP contribution < -0.4 is 5.32 Å². The van der Waals surface area contributed by atoms with Crippen molar-refractivity contribution in [3.8, 4) is 0 Å². The van der Waals surface area contributed by atoms with Crippen LogP contribution in [0.25, 0.3) is 5.57 Å². The Balaban J connectivity index is 2.20. The maximum absolute atomic E-state index is 11.2. The topological polar surface area (TPSA) is 111 Å². The van der Waals surface area contributed by atoms with Crippen LogP contribution in [0.4, 0.5) is 0 Å². The highest BCUT2D eigenvalue weighted by atomic mass is 16.6. The summed E-state index contributed by atoms with van der Waals surface area (Å²) in [5.41, 5.74) is 2.50. The molecule has 3 unspecified atom stereocenters. The molecule has 0 fully saturated rings. The minimum atomic E-state index is -1.13. The van der Waals surface area contributed by atoms with Gasteiger partial charge in [-0.1, -0.05) is 36.9 Å². The third-order valence-corrected chi connectivity index (χ3v) is 5.07. The second-order valence-electron chi connectivity index (χ2n) is 8.79. The second kappa shape index (κ2) is 12.4. The van der Waals surface area contributed by atoms with Crippen LogP contribution in [0.1, 0.15) is 49.5 Å². The monoisotopic (exact) mass is 454 g/mol. The van der Waals surface area contributed by atoms with Crippen LogP contribution >= 0.6 is 0 Å². The molecule has 1 aromatic rings.